The third kappa shape index (κ3) is 1.89. The van der Waals surface area contributed by atoms with Crippen LogP contribution in [0.15, 0.2) is 16.6 Å². The van der Waals surface area contributed by atoms with Crippen LogP contribution in [0.2, 0.25) is 5.15 Å². The molecule has 2 nitrogen and oxygen atoms in total. The summed E-state index contributed by atoms with van der Waals surface area (Å²) in [6.07, 6.45) is 0. The quantitative estimate of drug-likeness (QED) is 0.747. The van der Waals surface area contributed by atoms with E-state index in [1.165, 1.54) is 6.07 Å². The lowest BCUT2D eigenvalue weighted by Gasteiger charge is -2.03. The molecule has 7 heteroatoms. The maximum Gasteiger partial charge on any atom is 0.171 e. The van der Waals surface area contributed by atoms with Crippen molar-refractivity contribution in [1.82, 2.24) is 8.75 Å². The second-order valence-electron chi connectivity index (χ2n) is 2.62. The number of hydrogen-bond donors (Lipinski definition) is 0. The van der Waals surface area contributed by atoms with Gasteiger partial charge in [0.25, 0.3) is 0 Å². The molecule has 1 aromatic heterocycles. The molecule has 0 unspecified atom stereocenters. The summed E-state index contributed by atoms with van der Waals surface area (Å²) < 4.78 is 34.5. The molecule has 1 aromatic carbocycles. The van der Waals surface area contributed by atoms with E-state index in [2.05, 4.69) is 24.7 Å². The van der Waals surface area contributed by atoms with Crippen molar-refractivity contribution < 1.29 is 8.78 Å². The molecule has 0 aliphatic carbocycles. The molecule has 15 heavy (non-hydrogen) atoms. The van der Waals surface area contributed by atoms with E-state index in [4.69, 9.17) is 11.6 Å². The molecular formula is C8H2BrClF2N2S. The Hall–Kier alpha value is -0.590. The molecule has 0 saturated carbocycles. The van der Waals surface area contributed by atoms with Crippen molar-refractivity contribution in [2.45, 2.75) is 0 Å². The molecule has 2 rings (SSSR count). The third-order valence-corrected chi connectivity index (χ3v) is 3.23. The van der Waals surface area contributed by atoms with E-state index in [0.717, 1.165) is 17.8 Å². The molecule has 0 spiro atoms. The zero-order valence-corrected chi connectivity index (χ0v) is 10.1. The predicted molar refractivity (Wildman–Crippen MR) is 58.0 cm³/mol. The molecule has 2 aromatic rings. The highest BCUT2D eigenvalue weighted by Gasteiger charge is 2.19. The van der Waals surface area contributed by atoms with Crippen LogP contribution in [-0.4, -0.2) is 8.75 Å². The van der Waals surface area contributed by atoms with Gasteiger partial charge in [0.2, 0.25) is 0 Å². The first kappa shape index (κ1) is 10.9. The third-order valence-electron chi connectivity index (χ3n) is 1.73. The monoisotopic (exact) mass is 310 g/mol. The number of aromatic nitrogens is 2. The molecule has 78 valence electrons. The van der Waals surface area contributed by atoms with Gasteiger partial charge in [-0.15, -0.1) is 0 Å². The molecule has 0 atom stereocenters. The van der Waals surface area contributed by atoms with Gasteiger partial charge >= 0.3 is 0 Å². The summed E-state index contributed by atoms with van der Waals surface area (Å²) >= 11 is 9.42. The van der Waals surface area contributed by atoms with Crippen molar-refractivity contribution >= 4 is 39.3 Å². The van der Waals surface area contributed by atoms with Crippen LogP contribution in [-0.2, 0) is 0 Å². The maximum atomic E-state index is 13.6. The van der Waals surface area contributed by atoms with E-state index in [9.17, 15) is 8.78 Å². The fourth-order valence-electron chi connectivity index (χ4n) is 1.07. The normalized spacial score (nSPS) is 10.7. The highest BCUT2D eigenvalue weighted by molar-refractivity contribution is 9.10. The Morgan fingerprint density at radius 1 is 1.27 bits per heavy atom. The van der Waals surface area contributed by atoms with E-state index in [1.807, 2.05) is 0 Å². The summed E-state index contributed by atoms with van der Waals surface area (Å²) in [5.41, 5.74) is -0.235. The smallest absolute Gasteiger partial charge is 0.171 e. The zero-order valence-electron chi connectivity index (χ0n) is 6.97. The minimum atomic E-state index is -0.732. The Morgan fingerprint density at radius 2 is 2.00 bits per heavy atom. The average molecular weight is 312 g/mol. The number of benzene rings is 1. The van der Waals surface area contributed by atoms with Crippen molar-refractivity contribution in [3.63, 3.8) is 0 Å². The van der Waals surface area contributed by atoms with Crippen LogP contribution in [0.4, 0.5) is 8.78 Å². The van der Waals surface area contributed by atoms with Crippen LogP contribution in [0.25, 0.3) is 11.3 Å². The molecule has 0 radical (unpaired) electrons. The van der Waals surface area contributed by atoms with Crippen molar-refractivity contribution in [1.29, 1.82) is 0 Å². The van der Waals surface area contributed by atoms with Crippen LogP contribution in [0.5, 0.6) is 0 Å². The Labute approximate surface area is 101 Å². The fraction of sp³-hybridized carbons (Fsp3) is 0. The van der Waals surface area contributed by atoms with Crippen molar-refractivity contribution in [2.24, 2.45) is 0 Å². The second kappa shape index (κ2) is 4.11. The van der Waals surface area contributed by atoms with Gasteiger partial charge in [0.15, 0.2) is 5.15 Å². The van der Waals surface area contributed by atoms with Gasteiger partial charge in [-0.25, -0.2) is 8.78 Å². The van der Waals surface area contributed by atoms with Gasteiger partial charge in [0.05, 0.1) is 21.8 Å². The van der Waals surface area contributed by atoms with Crippen molar-refractivity contribution in [3.05, 3.63) is 33.4 Å². The van der Waals surface area contributed by atoms with Gasteiger partial charge in [-0.1, -0.05) is 11.6 Å². The van der Waals surface area contributed by atoms with Gasteiger partial charge in [0, 0.05) is 0 Å². The largest absolute Gasteiger partial charge is 0.206 e. The number of nitrogens with zero attached hydrogens (tertiary/aromatic N) is 2. The number of rotatable bonds is 1. The lowest BCUT2D eigenvalue weighted by atomic mass is 10.1. The Balaban J connectivity index is 2.72. The first-order valence-corrected chi connectivity index (χ1v) is 5.63. The molecule has 0 saturated heterocycles. The predicted octanol–water partition coefficient (Wildman–Crippen LogP) is 3.90. The molecule has 0 amide bonds. The van der Waals surface area contributed by atoms with Crippen LogP contribution < -0.4 is 0 Å². The van der Waals surface area contributed by atoms with E-state index >= 15 is 0 Å². The van der Waals surface area contributed by atoms with E-state index in [-0.39, 0.29) is 20.9 Å². The van der Waals surface area contributed by atoms with Crippen LogP contribution in [0.1, 0.15) is 0 Å². The number of hydrogen-bond acceptors (Lipinski definition) is 3. The zero-order chi connectivity index (χ0) is 11.0. The highest BCUT2D eigenvalue weighted by atomic mass is 79.9. The summed E-state index contributed by atoms with van der Waals surface area (Å²) in [5.74, 6) is -1.45. The SMILES string of the molecule is Fc1ccc(Br)c(F)c1-c1nsnc1Cl. The summed E-state index contributed by atoms with van der Waals surface area (Å²) in [7, 11) is 0. The van der Waals surface area contributed by atoms with Crippen LogP contribution >= 0.6 is 39.3 Å². The van der Waals surface area contributed by atoms with Crippen LogP contribution in [0, 0.1) is 11.6 Å². The van der Waals surface area contributed by atoms with Gasteiger partial charge in [-0.05, 0) is 28.1 Å². The van der Waals surface area contributed by atoms with Gasteiger partial charge in [0.1, 0.15) is 17.3 Å². The van der Waals surface area contributed by atoms with Crippen molar-refractivity contribution in [3.8, 4) is 11.3 Å². The number of halogens is 4. The molecule has 0 aliphatic heterocycles. The van der Waals surface area contributed by atoms with Crippen molar-refractivity contribution in [2.75, 3.05) is 0 Å². The van der Waals surface area contributed by atoms with E-state index in [1.54, 1.807) is 0 Å². The molecule has 0 bridgehead atoms. The summed E-state index contributed by atoms with van der Waals surface area (Å²) in [6.45, 7) is 0. The van der Waals surface area contributed by atoms with E-state index in [0.29, 0.717) is 0 Å². The Morgan fingerprint density at radius 3 is 2.60 bits per heavy atom. The minimum absolute atomic E-state index is 0.00380. The molecule has 0 fully saturated rings. The minimum Gasteiger partial charge on any atom is -0.206 e. The first-order chi connectivity index (χ1) is 7.11. The Bertz CT molecular complexity index is 517. The fourth-order valence-corrected chi connectivity index (χ4v) is 2.14. The first-order valence-electron chi connectivity index (χ1n) is 3.73. The van der Waals surface area contributed by atoms with Crippen LogP contribution in [0.3, 0.4) is 0 Å². The van der Waals surface area contributed by atoms with Gasteiger partial charge < -0.3 is 0 Å². The van der Waals surface area contributed by atoms with E-state index < -0.39 is 11.6 Å². The standard InChI is InChI=1S/C8H2BrClF2N2S/c9-3-1-2-4(11)5(6(3)12)7-8(10)14-15-13-7/h1-2H. The average Bonchev–Trinajstić information content (AvgIpc) is 2.60. The summed E-state index contributed by atoms with van der Waals surface area (Å²) in [5, 5.41) is -0.00380. The Kier molecular flexibility index (Phi) is 2.99. The summed E-state index contributed by atoms with van der Waals surface area (Å²) in [4.78, 5) is 0. The topological polar surface area (TPSA) is 25.8 Å². The second-order valence-corrected chi connectivity index (χ2v) is 4.36. The molecular weight excluding hydrogens is 310 g/mol. The van der Waals surface area contributed by atoms with Gasteiger partial charge in [-0.3, -0.25) is 0 Å². The van der Waals surface area contributed by atoms with Gasteiger partial charge in [-0.2, -0.15) is 8.75 Å². The summed E-state index contributed by atoms with van der Waals surface area (Å²) in [6, 6.07) is 2.42. The molecule has 0 aliphatic rings. The molecule has 1 heterocycles. The lowest BCUT2D eigenvalue weighted by Crippen LogP contribution is -1.91. The highest BCUT2D eigenvalue weighted by Crippen LogP contribution is 2.33. The lowest BCUT2D eigenvalue weighted by molar-refractivity contribution is 0.584. The molecule has 0 N–H and O–H groups in total. The maximum absolute atomic E-state index is 13.6.